The van der Waals surface area contributed by atoms with Gasteiger partial charge in [0.25, 0.3) is 0 Å². The number of ether oxygens (including phenoxy) is 2. The van der Waals surface area contributed by atoms with Gasteiger partial charge in [-0.05, 0) is 62.8 Å². The van der Waals surface area contributed by atoms with Gasteiger partial charge in [0.2, 0.25) is 0 Å². The molecule has 1 rings (SSSR count). The second-order valence-corrected chi connectivity index (χ2v) is 6.12. The van der Waals surface area contributed by atoms with Crippen molar-refractivity contribution in [1.82, 2.24) is 0 Å². The van der Waals surface area contributed by atoms with Crippen molar-refractivity contribution in [2.75, 3.05) is 26.4 Å². The first-order valence-electron chi connectivity index (χ1n) is 9.35. The van der Waals surface area contributed by atoms with Crippen LogP contribution in [0.4, 0.5) is 0 Å². The molecule has 2 N–H and O–H groups in total. The van der Waals surface area contributed by atoms with Gasteiger partial charge in [0.05, 0.1) is 24.3 Å². The molecule has 0 aliphatic heterocycles. The molecule has 0 saturated heterocycles. The molecule has 0 unspecified atom stereocenters. The summed E-state index contributed by atoms with van der Waals surface area (Å²) in [5.41, 5.74) is 0.807. The van der Waals surface area contributed by atoms with Gasteiger partial charge >= 0.3 is 11.9 Å². The van der Waals surface area contributed by atoms with Crippen LogP contribution in [0.3, 0.4) is 0 Å². The van der Waals surface area contributed by atoms with Crippen molar-refractivity contribution in [3.05, 3.63) is 35.4 Å². The predicted octanol–water partition coefficient (Wildman–Crippen LogP) is 2.72. The monoisotopic (exact) mass is 574 g/mol. The summed E-state index contributed by atoms with van der Waals surface area (Å²) < 4.78 is 10.4. The van der Waals surface area contributed by atoms with Crippen molar-refractivity contribution in [1.29, 1.82) is 0 Å². The van der Waals surface area contributed by atoms with Crippen LogP contribution in [-0.2, 0) is 9.47 Å². The van der Waals surface area contributed by atoms with Crippen molar-refractivity contribution >= 4 is 39.2 Å². The second-order valence-electron chi connectivity index (χ2n) is 6.12. The summed E-state index contributed by atoms with van der Waals surface area (Å²) in [5.74, 6) is -0.813. The normalized spacial score (nSPS) is 10.1. The zero-order valence-corrected chi connectivity index (χ0v) is 19.7. The molecule has 0 spiro atoms. The molecule has 0 heterocycles. The summed E-state index contributed by atoms with van der Waals surface area (Å²) >= 11 is 0. The molecule has 150 valence electrons. The summed E-state index contributed by atoms with van der Waals surface area (Å²) in [7, 11) is 0. The molecule has 0 amide bonds. The third-order valence-electron chi connectivity index (χ3n) is 3.93. The molecule has 0 fully saturated rings. The molecule has 0 bridgehead atoms. The first-order chi connectivity index (χ1) is 12.7. The van der Waals surface area contributed by atoms with Gasteiger partial charge in [-0.2, -0.15) is 0 Å². The van der Waals surface area contributed by atoms with Gasteiger partial charge in [0.1, 0.15) is 0 Å². The molecular formula is C20H30O6Pb. The van der Waals surface area contributed by atoms with E-state index in [1.54, 1.807) is 24.3 Å². The van der Waals surface area contributed by atoms with Crippen molar-refractivity contribution in [2.24, 2.45) is 0 Å². The number of carbonyl (C=O) groups excluding carboxylic acids is 2. The minimum atomic E-state index is -0.407. The first kappa shape index (κ1) is 26.0. The second kappa shape index (κ2) is 17.1. The molecule has 6 nitrogen and oxygen atoms in total. The molecule has 1 aromatic rings. The van der Waals surface area contributed by atoms with Gasteiger partial charge in [-0.25, -0.2) is 9.59 Å². The number of esters is 2. The SMILES string of the molecule is O=C(OCCCCCCO)c1ccc(C(=O)OCCCCCCO)cc1.[Pb]. The van der Waals surface area contributed by atoms with E-state index in [9.17, 15) is 9.59 Å². The van der Waals surface area contributed by atoms with Gasteiger partial charge in [-0.15, -0.1) is 0 Å². The summed E-state index contributed by atoms with van der Waals surface area (Å²) in [6.07, 6.45) is 6.76. The minimum absolute atomic E-state index is 0. The van der Waals surface area contributed by atoms with Gasteiger partial charge in [0, 0.05) is 40.5 Å². The molecule has 0 saturated carbocycles. The van der Waals surface area contributed by atoms with Crippen LogP contribution >= 0.6 is 0 Å². The number of aliphatic hydroxyl groups excluding tert-OH is 2. The van der Waals surface area contributed by atoms with Crippen LogP contribution in [0.15, 0.2) is 24.3 Å². The van der Waals surface area contributed by atoms with E-state index in [0.29, 0.717) is 24.3 Å². The topological polar surface area (TPSA) is 93.1 Å². The molecule has 0 aromatic heterocycles. The van der Waals surface area contributed by atoms with Crippen LogP contribution < -0.4 is 0 Å². The van der Waals surface area contributed by atoms with Crippen molar-refractivity contribution in [3.8, 4) is 0 Å². The van der Waals surface area contributed by atoms with Gasteiger partial charge < -0.3 is 19.7 Å². The third-order valence-corrected chi connectivity index (χ3v) is 3.93. The Bertz CT molecular complexity index is 471. The van der Waals surface area contributed by atoms with E-state index in [1.807, 2.05) is 0 Å². The van der Waals surface area contributed by atoms with Crippen LogP contribution in [0.1, 0.15) is 72.1 Å². The van der Waals surface area contributed by atoms with E-state index < -0.39 is 11.9 Å². The molecule has 27 heavy (non-hydrogen) atoms. The van der Waals surface area contributed by atoms with Crippen molar-refractivity contribution < 1.29 is 29.3 Å². The summed E-state index contributed by atoms with van der Waals surface area (Å²) in [6.45, 7) is 1.09. The number of hydrogen-bond acceptors (Lipinski definition) is 6. The maximum atomic E-state index is 11.9. The maximum Gasteiger partial charge on any atom is 0.338 e. The Kier molecular flexibility index (Phi) is 16.5. The van der Waals surface area contributed by atoms with Gasteiger partial charge in [0.15, 0.2) is 0 Å². The number of hydrogen-bond donors (Lipinski definition) is 2. The van der Waals surface area contributed by atoms with Gasteiger partial charge in [-0.3, -0.25) is 0 Å². The summed E-state index contributed by atoms with van der Waals surface area (Å²) in [5, 5.41) is 17.4. The molecule has 0 aliphatic rings. The molecular weight excluding hydrogens is 543 g/mol. The Labute approximate surface area is 181 Å². The number of unbranched alkanes of at least 4 members (excludes halogenated alkanes) is 6. The summed E-state index contributed by atoms with van der Waals surface area (Å²) in [6, 6.07) is 6.25. The zero-order chi connectivity index (χ0) is 19.0. The van der Waals surface area contributed by atoms with E-state index in [-0.39, 0.29) is 40.5 Å². The Balaban J connectivity index is 0.00000676. The van der Waals surface area contributed by atoms with Crippen molar-refractivity contribution in [2.45, 2.75) is 51.4 Å². The molecule has 4 radical (unpaired) electrons. The van der Waals surface area contributed by atoms with Crippen LogP contribution in [0.5, 0.6) is 0 Å². The minimum Gasteiger partial charge on any atom is -0.462 e. The van der Waals surface area contributed by atoms with Crippen LogP contribution in [0.25, 0.3) is 0 Å². The maximum absolute atomic E-state index is 11.9. The number of rotatable bonds is 14. The van der Waals surface area contributed by atoms with E-state index in [2.05, 4.69) is 0 Å². The van der Waals surface area contributed by atoms with E-state index in [1.165, 1.54) is 0 Å². The smallest absolute Gasteiger partial charge is 0.338 e. The standard InChI is InChI=1S/C20H30O6.Pb/c21-13-5-1-3-7-15-25-19(23)17-9-11-18(12-10-17)20(24)26-16-8-4-2-6-14-22;/h9-12,21-22H,1-8,13-16H2;. The fourth-order valence-electron chi connectivity index (χ4n) is 2.37. The fourth-order valence-corrected chi connectivity index (χ4v) is 2.37. The average Bonchev–Trinajstić information content (AvgIpc) is 2.67. The van der Waals surface area contributed by atoms with Crippen molar-refractivity contribution in [3.63, 3.8) is 0 Å². The first-order valence-corrected chi connectivity index (χ1v) is 9.35. The molecule has 0 atom stereocenters. The Morgan fingerprint density at radius 3 is 1.30 bits per heavy atom. The van der Waals surface area contributed by atoms with Crippen LogP contribution in [0.2, 0.25) is 0 Å². The molecule has 0 aliphatic carbocycles. The van der Waals surface area contributed by atoms with Crippen LogP contribution in [0, 0.1) is 0 Å². The van der Waals surface area contributed by atoms with Gasteiger partial charge in [-0.1, -0.05) is 12.8 Å². The van der Waals surface area contributed by atoms with E-state index in [4.69, 9.17) is 19.7 Å². The zero-order valence-electron chi connectivity index (χ0n) is 15.8. The number of aliphatic hydroxyl groups is 2. The summed E-state index contributed by atoms with van der Waals surface area (Å²) in [4.78, 5) is 23.8. The molecule has 1 aromatic carbocycles. The number of carbonyl (C=O) groups is 2. The van der Waals surface area contributed by atoms with Crippen LogP contribution in [-0.4, -0.2) is 75.9 Å². The Morgan fingerprint density at radius 2 is 0.963 bits per heavy atom. The average molecular weight is 574 g/mol. The molecule has 7 heteroatoms. The largest absolute Gasteiger partial charge is 0.462 e. The van der Waals surface area contributed by atoms with E-state index in [0.717, 1.165) is 51.4 Å². The fraction of sp³-hybridized carbons (Fsp3) is 0.600. The quantitative estimate of drug-likeness (QED) is 0.202. The predicted molar refractivity (Wildman–Crippen MR) is 104 cm³/mol. The number of benzene rings is 1. The Hall–Kier alpha value is -0.998. The third kappa shape index (κ3) is 12.1. The Morgan fingerprint density at radius 1 is 0.630 bits per heavy atom. The van der Waals surface area contributed by atoms with E-state index >= 15 is 0 Å².